The molecule has 2 unspecified atom stereocenters. The summed E-state index contributed by atoms with van der Waals surface area (Å²) in [4.78, 5) is 4.82. The van der Waals surface area contributed by atoms with Crippen molar-refractivity contribution in [2.75, 3.05) is 40.0 Å². The molecule has 1 fully saturated rings. The van der Waals surface area contributed by atoms with E-state index in [1.165, 1.54) is 5.56 Å². The highest BCUT2D eigenvalue weighted by molar-refractivity contribution is 5.79. The zero-order valence-corrected chi connectivity index (χ0v) is 19.4. The van der Waals surface area contributed by atoms with E-state index >= 15 is 0 Å². The van der Waals surface area contributed by atoms with Gasteiger partial charge in [0.2, 0.25) is 0 Å². The molecule has 3 rings (SSSR count). The van der Waals surface area contributed by atoms with Crippen LogP contribution in [0.15, 0.2) is 59.6 Å². The molecule has 0 aliphatic carbocycles. The average Bonchev–Trinajstić information content (AvgIpc) is 2.86. The van der Waals surface area contributed by atoms with Gasteiger partial charge in [0.25, 0.3) is 0 Å². The molecule has 1 aliphatic heterocycles. The van der Waals surface area contributed by atoms with E-state index in [1.54, 1.807) is 7.11 Å². The van der Waals surface area contributed by atoms with Crippen molar-refractivity contribution in [2.45, 2.75) is 38.8 Å². The standard InChI is InChI=1S/C26H37N3O3/c1-3-31-17-8-16-27-26(28-19-21-12-14-24(30-2)15-13-21)29-20-23-11-7-18-32-25(23)22-9-5-4-6-10-22/h4-6,9-10,12-15,23,25H,3,7-8,11,16-20H2,1-2H3,(H2,27,28,29). The third kappa shape index (κ3) is 7.84. The molecule has 0 radical (unpaired) electrons. The Kier molecular flexibility index (Phi) is 10.4. The second-order valence-electron chi connectivity index (χ2n) is 7.98. The summed E-state index contributed by atoms with van der Waals surface area (Å²) in [5.74, 6) is 2.09. The van der Waals surface area contributed by atoms with Crippen LogP contribution in [0.25, 0.3) is 0 Å². The lowest BCUT2D eigenvalue weighted by Gasteiger charge is -2.32. The number of hydrogen-bond acceptors (Lipinski definition) is 4. The van der Waals surface area contributed by atoms with Crippen LogP contribution in [0, 0.1) is 5.92 Å². The maximum atomic E-state index is 6.16. The van der Waals surface area contributed by atoms with Crippen molar-refractivity contribution in [1.29, 1.82) is 0 Å². The molecule has 0 bridgehead atoms. The Labute approximate surface area is 192 Å². The van der Waals surface area contributed by atoms with Crippen LogP contribution >= 0.6 is 0 Å². The number of ether oxygens (including phenoxy) is 3. The number of guanidine groups is 1. The summed E-state index contributed by atoms with van der Waals surface area (Å²) in [6, 6.07) is 18.6. The quantitative estimate of drug-likeness (QED) is 0.310. The molecule has 0 spiro atoms. The monoisotopic (exact) mass is 439 g/mol. The van der Waals surface area contributed by atoms with E-state index in [0.717, 1.165) is 69.4 Å². The first kappa shape index (κ1) is 24.1. The van der Waals surface area contributed by atoms with Crippen LogP contribution in [0.2, 0.25) is 0 Å². The summed E-state index contributed by atoms with van der Waals surface area (Å²) in [5.41, 5.74) is 2.39. The summed E-state index contributed by atoms with van der Waals surface area (Å²) in [6.45, 7) is 6.59. The van der Waals surface area contributed by atoms with Crippen molar-refractivity contribution in [3.05, 3.63) is 65.7 Å². The number of methoxy groups -OCH3 is 1. The van der Waals surface area contributed by atoms with Gasteiger partial charge >= 0.3 is 0 Å². The van der Waals surface area contributed by atoms with E-state index in [-0.39, 0.29) is 6.10 Å². The summed E-state index contributed by atoms with van der Waals surface area (Å²) in [7, 11) is 1.68. The number of benzene rings is 2. The van der Waals surface area contributed by atoms with Crippen LogP contribution in [-0.4, -0.2) is 46.0 Å². The lowest BCUT2D eigenvalue weighted by Crippen LogP contribution is -2.42. The SMILES string of the molecule is CCOCCCNC(=NCc1ccc(OC)cc1)NCC1CCCOC1c1ccccc1. The van der Waals surface area contributed by atoms with Gasteiger partial charge in [-0.25, -0.2) is 4.99 Å². The molecule has 2 aromatic rings. The van der Waals surface area contributed by atoms with Crippen molar-refractivity contribution in [3.63, 3.8) is 0 Å². The first-order chi connectivity index (χ1) is 15.8. The molecule has 174 valence electrons. The summed E-state index contributed by atoms with van der Waals surface area (Å²) in [5, 5.41) is 7.03. The fourth-order valence-corrected chi connectivity index (χ4v) is 3.89. The van der Waals surface area contributed by atoms with Crippen LogP contribution in [0.3, 0.4) is 0 Å². The lowest BCUT2D eigenvalue weighted by atomic mass is 9.89. The van der Waals surface area contributed by atoms with Gasteiger partial charge in [-0.2, -0.15) is 0 Å². The summed E-state index contributed by atoms with van der Waals surface area (Å²) in [6.07, 6.45) is 3.30. The Morgan fingerprint density at radius 1 is 1.09 bits per heavy atom. The maximum Gasteiger partial charge on any atom is 0.191 e. The fourth-order valence-electron chi connectivity index (χ4n) is 3.89. The third-order valence-electron chi connectivity index (χ3n) is 5.65. The Morgan fingerprint density at radius 3 is 2.66 bits per heavy atom. The van der Waals surface area contributed by atoms with Crippen LogP contribution < -0.4 is 15.4 Å². The number of nitrogens with zero attached hydrogens (tertiary/aromatic N) is 1. The zero-order valence-electron chi connectivity index (χ0n) is 19.4. The molecular formula is C26H37N3O3. The van der Waals surface area contributed by atoms with Crippen LogP contribution in [0.5, 0.6) is 5.75 Å². The highest BCUT2D eigenvalue weighted by Crippen LogP contribution is 2.33. The molecule has 6 heteroatoms. The second kappa shape index (κ2) is 13.8. The van der Waals surface area contributed by atoms with E-state index in [9.17, 15) is 0 Å². The van der Waals surface area contributed by atoms with E-state index in [4.69, 9.17) is 19.2 Å². The predicted molar refractivity (Wildman–Crippen MR) is 129 cm³/mol. The average molecular weight is 440 g/mol. The van der Waals surface area contributed by atoms with Gasteiger partial charge in [0.05, 0.1) is 19.8 Å². The molecule has 0 aromatic heterocycles. The van der Waals surface area contributed by atoms with Gasteiger partial charge in [-0.1, -0.05) is 42.5 Å². The van der Waals surface area contributed by atoms with E-state index in [0.29, 0.717) is 12.5 Å². The van der Waals surface area contributed by atoms with Gasteiger partial charge in [0.15, 0.2) is 5.96 Å². The van der Waals surface area contributed by atoms with Crippen molar-refractivity contribution >= 4 is 5.96 Å². The first-order valence-corrected chi connectivity index (χ1v) is 11.7. The fraction of sp³-hybridized carbons (Fsp3) is 0.500. The minimum atomic E-state index is 0.123. The highest BCUT2D eigenvalue weighted by atomic mass is 16.5. The highest BCUT2D eigenvalue weighted by Gasteiger charge is 2.27. The molecule has 6 nitrogen and oxygen atoms in total. The second-order valence-corrected chi connectivity index (χ2v) is 7.98. The molecule has 0 amide bonds. The van der Waals surface area contributed by atoms with Crippen molar-refractivity contribution in [3.8, 4) is 5.75 Å². The number of nitrogens with one attached hydrogen (secondary N) is 2. The van der Waals surface area contributed by atoms with Crippen LogP contribution in [0.4, 0.5) is 0 Å². The molecule has 1 aliphatic rings. The molecule has 2 aromatic carbocycles. The summed E-state index contributed by atoms with van der Waals surface area (Å²) < 4.78 is 16.9. The topological polar surface area (TPSA) is 64.1 Å². The van der Waals surface area contributed by atoms with Gasteiger partial charge in [-0.05, 0) is 49.4 Å². The molecule has 2 atom stereocenters. The molecular weight excluding hydrogens is 402 g/mol. The third-order valence-corrected chi connectivity index (χ3v) is 5.65. The van der Waals surface area contributed by atoms with Crippen molar-refractivity contribution < 1.29 is 14.2 Å². The number of rotatable bonds is 11. The van der Waals surface area contributed by atoms with Gasteiger partial charge in [0.1, 0.15) is 5.75 Å². The molecule has 0 saturated carbocycles. The van der Waals surface area contributed by atoms with Gasteiger partial charge in [-0.15, -0.1) is 0 Å². The lowest BCUT2D eigenvalue weighted by molar-refractivity contribution is -0.0265. The largest absolute Gasteiger partial charge is 0.497 e. The van der Waals surface area contributed by atoms with E-state index in [1.807, 2.05) is 19.1 Å². The Balaban J connectivity index is 1.60. The molecule has 32 heavy (non-hydrogen) atoms. The minimum absolute atomic E-state index is 0.123. The van der Waals surface area contributed by atoms with Gasteiger partial charge < -0.3 is 24.8 Å². The number of hydrogen-bond donors (Lipinski definition) is 2. The van der Waals surface area contributed by atoms with Gasteiger partial charge in [0, 0.05) is 38.8 Å². The van der Waals surface area contributed by atoms with Crippen LogP contribution in [0.1, 0.15) is 43.4 Å². The summed E-state index contributed by atoms with van der Waals surface area (Å²) >= 11 is 0. The van der Waals surface area contributed by atoms with E-state index < -0.39 is 0 Å². The van der Waals surface area contributed by atoms with Crippen molar-refractivity contribution in [2.24, 2.45) is 10.9 Å². The predicted octanol–water partition coefficient (Wildman–Crippen LogP) is 4.32. The molecule has 2 N–H and O–H groups in total. The number of aliphatic imine (C=N–C) groups is 1. The van der Waals surface area contributed by atoms with Gasteiger partial charge in [-0.3, -0.25) is 0 Å². The Hall–Kier alpha value is -2.57. The smallest absolute Gasteiger partial charge is 0.191 e. The van der Waals surface area contributed by atoms with Crippen molar-refractivity contribution in [1.82, 2.24) is 10.6 Å². The maximum absolute atomic E-state index is 6.16. The normalized spacial score (nSPS) is 18.9. The molecule has 1 saturated heterocycles. The Morgan fingerprint density at radius 2 is 1.91 bits per heavy atom. The molecule has 1 heterocycles. The minimum Gasteiger partial charge on any atom is -0.497 e. The zero-order chi connectivity index (χ0) is 22.4. The van der Waals surface area contributed by atoms with Crippen LogP contribution in [-0.2, 0) is 16.0 Å². The Bertz CT molecular complexity index is 796. The first-order valence-electron chi connectivity index (χ1n) is 11.7. The van der Waals surface area contributed by atoms with E-state index in [2.05, 4.69) is 53.1 Å².